The Kier molecular flexibility index (Phi) is 2.37. The van der Waals surface area contributed by atoms with Crippen LogP contribution in [0.4, 0.5) is 0 Å². The number of pyridine rings is 1. The van der Waals surface area contributed by atoms with E-state index in [0.29, 0.717) is 5.92 Å². The molecule has 2 heteroatoms. The molecule has 0 saturated carbocycles. The number of hydrogen-bond acceptors (Lipinski definition) is 2. The van der Waals surface area contributed by atoms with Gasteiger partial charge in [0.25, 0.3) is 0 Å². The highest BCUT2D eigenvalue weighted by atomic mass is 14.9. The minimum Gasteiger partial charge on any atom is -0.316 e. The van der Waals surface area contributed by atoms with Gasteiger partial charge in [-0.05, 0) is 49.6 Å². The van der Waals surface area contributed by atoms with Gasteiger partial charge in [-0.25, -0.2) is 0 Å². The highest BCUT2D eigenvalue weighted by Gasteiger charge is 2.16. The Bertz CT molecular complexity index is 513. The van der Waals surface area contributed by atoms with Crippen molar-refractivity contribution >= 4 is 10.9 Å². The second-order valence-electron chi connectivity index (χ2n) is 4.59. The van der Waals surface area contributed by atoms with Crippen molar-refractivity contribution in [3.05, 3.63) is 41.6 Å². The Morgan fingerprint density at radius 1 is 1.25 bits per heavy atom. The van der Waals surface area contributed by atoms with Gasteiger partial charge in [0.15, 0.2) is 0 Å². The summed E-state index contributed by atoms with van der Waals surface area (Å²) in [7, 11) is 0. The standard InChI is InChI=1S/C14H16N2/c1-10-2-3-12-8-11(4-5-14(12)16-10)13-6-7-15-9-13/h2-5,8,13,15H,6-7,9H2,1H3. The van der Waals surface area contributed by atoms with Crippen molar-refractivity contribution < 1.29 is 0 Å². The molecule has 2 nitrogen and oxygen atoms in total. The zero-order valence-corrected chi connectivity index (χ0v) is 9.53. The van der Waals surface area contributed by atoms with Gasteiger partial charge in [-0.3, -0.25) is 4.98 Å². The smallest absolute Gasteiger partial charge is 0.0705 e. The molecule has 2 heterocycles. The maximum atomic E-state index is 4.53. The molecule has 0 bridgehead atoms. The number of fused-ring (bicyclic) bond motifs is 1. The number of hydrogen-bond donors (Lipinski definition) is 1. The van der Waals surface area contributed by atoms with Crippen LogP contribution in [-0.4, -0.2) is 18.1 Å². The van der Waals surface area contributed by atoms with Crippen LogP contribution in [0, 0.1) is 6.92 Å². The van der Waals surface area contributed by atoms with Gasteiger partial charge >= 0.3 is 0 Å². The first-order chi connectivity index (χ1) is 7.83. The molecule has 1 N–H and O–H groups in total. The third kappa shape index (κ3) is 1.69. The lowest BCUT2D eigenvalue weighted by atomic mass is 9.97. The van der Waals surface area contributed by atoms with Crippen molar-refractivity contribution in [1.29, 1.82) is 0 Å². The van der Waals surface area contributed by atoms with Crippen molar-refractivity contribution in [1.82, 2.24) is 10.3 Å². The summed E-state index contributed by atoms with van der Waals surface area (Å²) >= 11 is 0. The van der Waals surface area contributed by atoms with Gasteiger partial charge in [-0.1, -0.05) is 12.1 Å². The van der Waals surface area contributed by atoms with Crippen LogP contribution < -0.4 is 5.32 Å². The summed E-state index contributed by atoms with van der Waals surface area (Å²) in [6, 6.07) is 10.9. The molecule has 0 radical (unpaired) electrons. The monoisotopic (exact) mass is 212 g/mol. The summed E-state index contributed by atoms with van der Waals surface area (Å²) in [5, 5.41) is 4.67. The van der Waals surface area contributed by atoms with Crippen molar-refractivity contribution in [2.75, 3.05) is 13.1 Å². The molecule has 2 aromatic rings. The molecule has 1 fully saturated rings. The van der Waals surface area contributed by atoms with E-state index >= 15 is 0 Å². The quantitative estimate of drug-likeness (QED) is 0.786. The van der Waals surface area contributed by atoms with E-state index in [0.717, 1.165) is 24.3 Å². The van der Waals surface area contributed by atoms with Gasteiger partial charge in [-0.15, -0.1) is 0 Å². The van der Waals surface area contributed by atoms with Crippen LogP contribution in [-0.2, 0) is 0 Å². The predicted molar refractivity (Wildman–Crippen MR) is 66.7 cm³/mol. The maximum Gasteiger partial charge on any atom is 0.0705 e. The summed E-state index contributed by atoms with van der Waals surface area (Å²) in [5.74, 6) is 0.686. The first-order valence-corrected chi connectivity index (χ1v) is 5.91. The highest BCUT2D eigenvalue weighted by Crippen LogP contribution is 2.25. The fraction of sp³-hybridized carbons (Fsp3) is 0.357. The van der Waals surface area contributed by atoms with Gasteiger partial charge in [0, 0.05) is 17.6 Å². The van der Waals surface area contributed by atoms with Gasteiger partial charge in [0.05, 0.1) is 5.52 Å². The van der Waals surface area contributed by atoms with Gasteiger partial charge < -0.3 is 5.32 Å². The summed E-state index contributed by atoms with van der Waals surface area (Å²) in [4.78, 5) is 4.53. The third-order valence-corrected chi connectivity index (χ3v) is 3.38. The number of nitrogens with one attached hydrogen (secondary N) is 1. The molecule has 0 aliphatic carbocycles. The number of benzene rings is 1. The molecule has 1 aromatic heterocycles. The summed E-state index contributed by atoms with van der Waals surface area (Å²) < 4.78 is 0. The number of aromatic nitrogens is 1. The molecule has 1 aliphatic rings. The van der Waals surface area contributed by atoms with Gasteiger partial charge in [-0.2, -0.15) is 0 Å². The van der Waals surface area contributed by atoms with Crippen molar-refractivity contribution in [3.8, 4) is 0 Å². The Hall–Kier alpha value is -1.41. The van der Waals surface area contributed by atoms with E-state index in [2.05, 4.69) is 40.6 Å². The van der Waals surface area contributed by atoms with E-state index in [9.17, 15) is 0 Å². The molecular formula is C14H16N2. The van der Waals surface area contributed by atoms with E-state index in [1.54, 1.807) is 0 Å². The van der Waals surface area contributed by atoms with Crippen LogP contribution in [0.5, 0.6) is 0 Å². The van der Waals surface area contributed by atoms with Crippen molar-refractivity contribution in [2.45, 2.75) is 19.3 Å². The number of nitrogens with zero attached hydrogens (tertiary/aromatic N) is 1. The molecule has 82 valence electrons. The fourth-order valence-electron chi connectivity index (χ4n) is 2.44. The lowest BCUT2D eigenvalue weighted by Crippen LogP contribution is -2.07. The first kappa shape index (κ1) is 9.79. The zero-order valence-electron chi connectivity index (χ0n) is 9.53. The molecule has 0 spiro atoms. The van der Waals surface area contributed by atoms with Crippen LogP contribution in [0.15, 0.2) is 30.3 Å². The summed E-state index contributed by atoms with van der Waals surface area (Å²) in [6.07, 6.45) is 1.25. The van der Waals surface area contributed by atoms with Crippen LogP contribution in [0.1, 0.15) is 23.6 Å². The molecule has 16 heavy (non-hydrogen) atoms. The first-order valence-electron chi connectivity index (χ1n) is 5.91. The zero-order chi connectivity index (χ0) is 11.0. The Morgan fingerprint density at radius 2 is 2.19 bits per heavy atom. The maximum absolute atomic E-state index is 4.53. The van der Waals surface area contributed by atoms with E-state index in [1.165, 1.54) is 17.4 Å². The van der Waals surface area contributed by atoms with Gasteiger partial charge in [0.1, 0.15) is 0 Å². The Morgan fingerprint density at radius 3 is 3.00 bits per heavy atom. The molecule has 1 saturated heterocycles. The van der Waals surface area contributed by atoms with E-state index in [-0.39, 0.29) is 0 Å². The second-order valence-corrected chi connectivity index (χ2v) is 4.59. The lowest BCUT2D eigenvalue weighted by Gasteiger charge is -2.09. The Balaban J connectivity index is 2.05. The molecule has 1 unspecified atom stereocenters. The van der Waals surface area contributed by atoms with Crippen LogP contribution >= 0.6 is 0 Å². The summed E-state index contributed by atoms with van der Waals surface area (Å²) in [6.45, 7) is 4.30. The van der Waals surface area contributed by atoms with Crippen molar-refractivity contribution in [3.63, 3.8) is 0 Å². The Labute approximate surface area is 95.7 Å². The predicted octanol–water partition coefficient (Wildman–Crippen LogP) is 2.62. The van der Waals surface area contributed by atoms with Crippen LogP contribution in [0.2, 0.25) is 0 Å². The average Bonchev–Trinajstić information content (AvgIpc) is 2.82. The molecule has 1 aromatic carbocycles. The minimum absolute atomic E-state index is 0.686. The molecular weight excluding hydrogens is 196 g/mol. The largest absolute Gasteiger partial charge is 0.316 e. The molecule has 1 aliphatic heterocycles. The van der Waals surface area contributed by atoms with E-state index in [1.807, 2.05) is 6.92 Å². The number of rotatable bonds is 1. The van der Waals surface area contributed by atoms with Crippen molar-refractivity contribution in [2.24, 2.45) is 0 Å². The fourth-order valence-corrected chi connectivity index (χ4v) is 2.44. The SMILES string of the molecule is Cc1ccc2cc(C3CCNC3)ccc2n1. The average molecular weight is 212 g/mol. The number of aryl methyl sites for hydroxylation is 1. The molecule has 3 rings (SSSR count). The molecule has 1 atom stereocenters. The van der Waals surface area contributed by atoms with E-state index < -0.39 is 0 Å². The lowest BCUT2D eigenvalue weighted by molar-refractivity contribution is 0.764. The topological polar surface area (TPSA) is 24.9 Å². The highest BCUT2D eigenvalue weighted by molar-refractivity contribution is 5.79. The third-order valence-electron chi connectivity index (χ3n) is 3.38. The summed E-state index contributed by atoms with van der Waals surface area (Å²) in [5.41, 5.74) is 3.64. The van der Waals surface area contributed by atoms with Crippen LogP contribution in [0.25, 0.3) is 10.9 Å². The minimum atomic E-state index is 0.686. The molecule has 0 amide bonds. The normalized spacial score (nSPS) is 20.4. The van der Waals surface area contributed by atoms with Crippen LogP contribution in [0.3, 0.4) is 0 Å². The van der Waals surface area contributed by atoms with E-state index in [4.69, 9.17) is 0 Å². The second kappa shape index (κ2) is 3.87. The van der Waals surface area contributed by atoms with Gasteiger partial charge in [0.2, 0.25) is 0 Å².